The summed E-state index contributed by atoms with van der Waals surface area (Å²) >= 11 is 0. The van der Waals surface area contributed by atoms with Crippen LogP contribution in [0.15, 0.2) is 48.5 Å². The molecule has 0 aliphatic rings. The van der Waals surface area contributed by atoms with Crippen LogP contribution in [0.3, 0.4) is 0 Å². The summed E-state index contributed by atoms with van der Waals surface area (Å²) in [5.41, 5.74) is 7.95. The first-order chi connectivity index (χ1) is 8.24. The minimum Gasteiger partial charge on any atom is -0.507 e. The lowest BCUT2D eigenvalue weighted by Crippen LogP contribution is -2.14. The molecule has 3 heteroatoms. The van der Waals surface area contributed by atoms with E-state index < -0.39 is 6.04 Å². The lowest BCUT2D eigenvalue weighted by Gasteiger charge is -2.13. The minimum absolute atomic E-state index is 0.139. The normalized spacial score (nSPS) is 12.4. The second kappa shape index (κ2) is 4.99. The molecule has 0 amide bonds. The number of rotatable bonds is 3. The molecule has 0 heterocycles. The van der Waals surface area contributed by atoms with Gasteiger partial charge in [-0.3, -0.25) is 0 Å². The summed E-state index contributed by atoms with van der Waals surface area (Å²) in [7, 11) is 0. The zero-order chi connectivity index (χ0) is 12.3. The molecule has 88 valence electrons. The Bertz CT molecular complexity index is 497. The summed E-state index contributed by atoms with van der Waals surface area (Å²) < 4.78 is 0. The second-order valence-corrected chi connectivity index (χ2v) is 3.90. The van der Waals surface area contributed by atoms with Gasteiger partial charge in [-0.05, 0) is 5.56 Å². The fraction of sp³-hybridized carbons (Fsp3) is 0.143. The Morgan fingerprint density at radius 1 is 1.00 bits per heavy atom. The number of aliphatic hydroxyl groups is 1. The molecule has 2 aromatic carbocycles. The van der Waals surface area contributed by atoms with Gasteiger partial charge in [-0.15, -0.1) is 0 Å². The molecular formula is C14H15NO2. The number of benzene rings is 2. The highest BCUT2D eigenvalue weighted by Crippen LogP contribution is 2.34. The van der Waals surface area contributed by atoms with Crippen molar-refractivity contribution in [3.05, 3.63) is 54.1 Å². The molecule has 17 heavy (non-hydrogen) atoms. The Morgan fingerprint density at radius 2 is 1.71 bits per heavy atom. The molecule has 2 aromatic rings. The van der Waals surface area contributed by atoms with Crippen molar-refractivity contribution in [2.24, 2.45) is 5.73 Å². The number of phenolic OH excluding ortho intramolecular Hbond substituents is 1. The van der Waals surface area contributed by atoms with E-state index >= 15 is 0 Å². The van der Waals surface area contributed by atoms with Gasteiger partial charge in [0.2, 0.25) is 0 Å². The molecule has 0 spiro atoms. The quantitative estimate of drug-likeness (QED) is 0.754. The third-order valence-corrected chi connectivity index (χ3v) is 2.75. The maximum absolute atomic E-state index is 10.2. The van der Waals surface area contributed by atoms with E-state index in [9.17, 15) is 5.11 Å². The number of aromatic hydroxyl groups is 1. The topological polar surface area (TPSA) is 66.5 Å². The van der Waals surface area contributed by atoms with Crippen molar-refractivity contribution in [1.82, 2.24) is 0 Å². The van der Waals surface area contributed by atoms with Gasteiger partial charge in [-0.25, -0.2) is 0 Å². The van der Waals surface area contributed by atoms with E-state index in [2.05, 4.69) is 0 Å². The summed E-state index contributed by atoms with van der Waals surface area (Å²) in [6.45, 7) is -0.189. The van der Waals surface area contributed by atoms with Crippen molar-refractivity contribution in [3.63, 3.8) is 0 Å². The Balaban J connectivity index is 2.50. The fourth-order valence-electron chi connectivity index (χ4n) is 1.81. The second-order valence-electron chi connectivity index (χ2n) is 3.90. The lowest BCUT2D eigenvalue weighted by atomic mass is 9.98. The van der Waals surface area contributed by atoms with Crippen LogP contribution in [0.4, 0.5) is 0 Å². The fourth-order valence-corrected chi connectivity index (χ4v) is 1.81. The average Bonchev–Trinajstić information content (AvgIpc) is 2.39. The van der Waals surface area contributed by atoms with Crippen LogP contribution >= 0.6 is 0 Å². The van der Waals surface area contributed by atoms with Crippen LogP contribution in [0.25, 0.3) is 11.1 Å². The molecule has 0 unspecified atom stereocenters. The van der Waals surface area contributed by atoms with Crippen LogP contribution in [0.5, 0.6) is 5.75 Å². The Hall–Kier alpha value is -1.84. The molecule has 1 atom stereocenters. The summed E-state index contributed by atoms with van der Waals surface area (Å²) in [5.74, 6) is 0.139. The van der Waals surface area contributed by atoms with Gasteiger partial charge in [0.15, 0.2) is 0 Å². The number of para-hydroxylation sites is 1. The number of phenols is 1. The minimum atomic E-state index is -0.557. The van der Waals surface area contributed by atoms with Gasteiger partial charge in [0.1, 0.15) is 5.75 Å². The smallest absolute Gasteiger partial charge is 0.128 e. The van der Waals surface area contributed by atoms with Gasteiger partial charge in [0, 0.05) is 11.1 Å². The zero-order valence-corrected chi connectivity index (χ0v) is 9.38. The summed E-state index contributed by atoms with van der Waals surface area (Å²) in [6, 6.07) is 14.4. The van der Waals surface area contributed by atoms with E-state index in [4.69, 9.17) is 10.8 Å². The van der Waals surface area contributed by atoms with E-state index in [0.29, 0.717) is 5.56 Å². The molecular weight excluding hydrogens is 214 g/mol. The number of aliphatic hydroxyl groups excluding tert-OH is 1. The van der Waals surface area contributed by atoms with Crippen LogP contribution in [-0.2, 0) is 0 Å². The van der Waals surface area contributed by atoms with Crippen molar-refractivity contribution in [3.8, 4) is 16.9 Å². The van der Waals surface area contributed by atoms with Gasteiger partial charge in [-0.2, -0.15) is 0 Å². The molecule has 0 saturated carbocycles. The van der Waals surface area contributed by atoms with E-state index in [-0.39, 0.29) is 12.4 Å². The third kappa shape index (κ3) is 2.30. The lowest BCUT2D eigenvalue weighted by molar-refractivity contribution is 0.265. The van der Waals surface area contributed by atoms with Crippen molar-refractivity contribution in [2.45, 2.75) is 6.04 Å². The van der Waals surface area contributed by atoms with E-state index in [1.54, 1.807) is 6.07 Å². The molecule has 0 saturated heterocycles. The van der Waals surface area contributed by atoms with E-state index in [1.165, 1.54) is 0 Å². The Kier molecular flexibility index (Phi) is 3.42. The zero-order valence-electron chi connectivity index (χ0n) is 9.38. The Morgan fingerprint density at radius 3 is 2.35 bits per heavy atom. The van der Waals surface area contributed by atoms with Gasteiger partial charge in [0.05, 0.1) is 12.6 Å². The molecule has 0 aliphatic carbocycles. The number of hydrogen-bond donors (Lipinski definition) is 3. The van der Waals surface area contributed by atoms with Crippen LogP contribution in [0, 0.1) is 0 Å². The SMILES string of the molecule is N[C@H](CO)c1cccc(-c2ccccc2)c1O. The standard InChI is InChI=1S/C14H15NO2/c15-13(9-16)12-8-4-7-11(14(12)17)10-5-2-1-3-6-10/h1-8,13,16-17H,9,15H2/t13-/m1/s1. The monoisotopic (exact) mass is 229 g/mol. The van der Waals surface area contributed by atoms with Gasteiger partial charge < -0.3 is 15.9 Å². The largest absolute Gasteiger partial charge is 0.507 e. The number of hydrogen-bond acceptors (Lipinski definition) is 3. The maximum atomic E-state index is 10.2. The number of nitrogens with two attached hydrogens (primary N) is 1. The Labute approximate surface area is 100 Å². The van der Waals surface area contributed by atoms with Crippen molar-refractivity contribution in [2.75, 3.05) is 6.61 Å². The summed E-state index contributed by atoms with van der Waals surface area (Å²) in [4.78, 5) is 0. The first-order valence-corrected chi connectivity index (χ1v) is 5.47. The van der Waals surface area contributed by atoms with Crippen LogP contribution in [0.2, 0.25) is 0 Å². The molecule has 2 rings (SSSR count). The molecule has 0 fully saturated rings. The third-order valence-electron chi connectivity index (χ3n) is 2.75. The van der Waals surface area contributed by atoms with Crippen molar-refractivity contribution < 1.29 is 10.2 Å². The van der Waals surface area contributed by atoms with Crippen LogP contribution in [-0.4, -0.2) is 16.8 Å². The van der Waals surface area contributed by atoms with E-state index in [0.717, 1.165) is 11.1 Å². The highest BCUT2D eigenvalue weighted by molar-refractivity contribution is 5.71. The van der Waals surface area contributed by atoms with Crippen molar-refractivity contribution >= 4 is 0 Å². The van der Waals surface area contributed by atoms with Gasteiger partial charge >= 0.3 is 0 Å². The van der Waals surface area contributed by atoms with Crippen molar-refractivity contribution in [1.29, 1.82) is 0 Å². The van der Waals surface area contributed by atoms with Crippen LogP contribution in [0.1, 0.15) is 11.6 Å². The summed E-state index contributed by atoms with van der Waals surface area (Å²) in [6.07, 6.45) is 0. The average molecular weight is 229 g/mol. The molecule has 4 N–H and O–H groups in total. The van der Waals surface area contributed by atoms with E-state index in [1.807, 2.05) is 42.5 Å². The van der Waals surface area contributed by atoms with Crippen LogP contribution < -0.4 is 5.73 Å². The first kappa shape index (κ1) is 11.6. The van der Waals surface area contributed by atoms with Gasteiger partial charge in [0.25, 0.3) is 0 Å². The first-order valence-electron chi connectivity index (χ1n) is 5.47. The highest BCUT2D eigenvalue weighted by atomic mass is 16.3. The predicted octanol–water partition coefficient (Wildman–Crippen LogP) is 2.05. The molecule has 0 aromatic heterocycles. The maximum Gasteiger partial charge on any atom is 0.128 e. The van der Waals surface area contributed by atoms with Gasteiger partial charge in [-0.1, -0.05) is 48.5 Å². The molecule has 0 bridgehead atoms. The predicted molar refractivity (Wildman–Crippen MR) is 67.6 cm³/mol. The molecule has 3 nitrogen and oxygen atoms in total. The summed E-state index contributed by atoms with van der Waals surface area (Å²) in [5, 5.41) is 19.2. The molecule has 0 radical (unpaired) electrons. The highest BCUT2D eigenvalue weighted by Gasteiger charge is 2.13. The molecule has 0 aliphatic heterocycles.